The third-order valence-electron chi connectivity index (χ3n) is 4.14. The monoisotopic (exact) mass is 310 g/mol. The van der Waals surface area contributed by atoms with E-state index in [1.165, 1.54) is 5.56 Å². The van der Waals surface area contributed by atoms with Crippen LogP contribution in [0.15, 0.2) is 42.7 Å². The van der Waals surface area contributed by atoms with Crippen molar-refractivity contribution < 1.29 is 4.79 Å². The Labute approximate surface area is 139 Å². The van der Waals surface area contributed by atoms with Crippen LogP contribution in [0.2, 0.25) is 0 Å². The van der Waals surface area contributed by atoms with Crippen LogP contribution >= 0.6 is 0 Å². The van der Waals surface area contributed by atoms with Crippen LogP contribution < -0.4 is 0 Å². The van der Waals surface area contributed by atoms with E-state index < -0.39 is 0 Å². The minimum Gasteiger partial charge on any atom is -0.339 e. The predicted octanol–water partition coefficient (Wildman–Crippen LogP) is 4.53. The molecule has 0 bridgehead atoms. The summed E-state index contributed by atoms with van der Waals surface area (Å²) in [6.07, 6.45) is 3.57. The maximum Gasteiger partial charge on any atom is 0.254 e. The van der Waals surface area contributed by atoms with Crippen molar-refractivity contribution in [2.24, 2.45) is 0 Å². The van der Waals surface area contributed by atoms with Gasteiger partial charge in [-0.15, -0.1) is 0 Å². The lowest BCUT2D eigenvalue weighted by Gasteiger charge is -2.24. The van der Waals surface area contributed by atoms with Gasteiger partial charge in [-0.2, -0.15) is 0 Å². The first-order valence-electron chi connectivity index (χ1n) is 8.22. The second-order valence-corrected chi connectivity index (χ2v) is 6.73. The Morgan fingerprint density at radius 1 is 1.13 bits per heavy atom. The molecule has 0 fully saturated rings. The van der Waals surface area contributed by atoms with E-state index in [0.717, 1.165) is 16.7 Å². The summed E-state index contributed by atoms with van der Waals surface area (Å²) >= 11 is 0. The van der Waals surface area contributed by atoms with Gasteiger partial charge < -0.3 is 4.90 Å². The van der Waals surface area contributed by atoms with Gasteiger partial charge in [0.2, 0.25) is 0 Å². The van der Waals surface area contributed by atoms with E-state index in [2.05, 4.69) is 37.9 Å². The van der Waals surface area contributed by atoms with Gasteiger partial charge in [0.15, 0.2) is 0 Å². The standard InChI is InChI=1S/C20H26N2O/c1-6-22(7-2)19(23)17-11-10-16(20(3,4)5)13-18(17)15-9-8-12-21-14-15/h8-14H,6-7H2,1-5H3. The minimum absolute atomic E-state index is 0.0355. The van der Waals surface area contributed by atoms with Gasteiger partial charge in [-0.25, -0.2) is 0 Å². The number of rotatable bonds is 4. The summed E-state index contributed by atoms with van der Waals surface area (Å²) in [6.45, 7) is 12.0. The first kappa shape index (κ1) is 17.2. The van der Waals surface area contributed by atoms with Crippen molar-refractivity contribution in [3.63, 3.8) is 0 Å². The summed E-state index contributed by atoms with van der Waals surface area (Å²) in [7, 11) is 0. The maximum absolute atomic E-state index is 12.9. The number of nitrogens with zero attached hydrogens (tertiary/aromatic N) is 2. The molecule has 0 saturated carbocycles. The summed E-state index contributed by atoms with van der Waals surface area (Å²) in [5, 5.41) is 0. The SMILES string of the molecule is CCN(CC)C(=O)c1ccc(C(C)(C)C)cc1-c1cccnc1. The number of hydrogen-bond donors (Lipinski definition) is 0. The Morgan fingerprint density at radius 2 is 1.83 bits per heavy atom. The van der Waals surface area contributed by atoms with Crippen molar-refractivity contribution in [1.82, 2.24) is 9.88 Å². The molecule has 0 aliphatic heterocycles. The lowest BCUT2D eigenvalue weighted by molar-refractivity contribution is 0.0773. The zero-order chi connectivity index (χ0) is 17.0. The average molecular weight is 310 g/mol. The second-order valence-electron chi connectivity index (χ2n) is 6.73. The fraction of sp³-hybridized carbons (Fsp3) is 0.400. The molecule has 0 aliphatic rings. The fourth-order valence-electron chi connectivity index (χ4n) is 2.64. The number of carbonyl (C=O) groups is 1. The molecule has 1 heterocycles. The van der Waals surface area contributed by atoms with Gasteiger partial charge in [0.1, 0.15) is 0 Å². The van der Waals surface area contributed by atoms with Crippen molar-refractivity contribution in [3.8, 4) is 11.1 Å². The largest absolute Gasteiger partial charge is 0.339 e. The average Bonchev–Trinajstić information content (AvgIpc) is 2.55. The fourth-order valence-corrected chi connectivity index (χ4v) is 2.64. The Morgan fingerprint density at radius 3 is 2.35 bits per heavy atom. The molecule has 1 aromatic heterocycles. The molecule has 0 radical (unpaired) electrons. The third-order valence-corrected chi connectivity index (χ3v) is 4.14. The zero-order valence-electron chi connectivity index (χ0n) is 14.8. The summed E-state index contributed by atoms with van der Waals surface area (Å²) in [5.41, 5.74) is 3.94. The lowest BCUT2D eigenvalue weighted by Crippen LogP contribution is -2.31. The molecule has 2 aromatic rings. The highest BCUT2D eigenvalue weighted by Gasteiger charge is 2.21. The van der Waals surface area contributed by atoms with Crippen LogP contribution in [0.25, 0.3) is 11.1 Å². The summed E-state index contributed by atoms with van der Waals surface area (Å²) in [5.74, 6) is 0.0781. The van der Waals surface area contributed by atoms with E-state index in [4.69, 9.17) is 0 Å². The molecular weight excluding hydrogens is 284 g/mol. The van der Waals surface area contributed by atoms with Crippen molar-refractivity contribution in [2.75, 3.05) is 13.1 Å². The van der Waals surface area contributed by atoms with Gasteiger partial charge in [-0.1, -0.05) is 32.9 Å². The molecule has 122 valence electrons. The van der Waals surface area contributed by atoms with Crippen molar-refractivity contribution in [2.45, 2.75) is 40.0 Å². The van der Waals surface area contributed by atoms with Crippen LogP contribution in [0, 0.1) is 0 Å². The first-order valence-corrected chi connectivity index (χ1v) is 8.22. The van der Waals surface area contributed by atoms with Gasteiger partial charge >= 0.3 is 0 Å². The maximum atomic E-state index is 12.9. The van der Waals surface area contributed by atoms with E-state index in [1.54, 1.807) is 6.20 Å². The summed E-state index contributed by atoms with van der Waals surface area (Å²) in [6, 6.07) is 10.1. The van der Waals surface area contributed by atoms with Crippen molar-refractivity contribution >= 4 is 5.91 Å². The minimum atomic E-state index is 0.0355. The molecule has 3 nitrogen and oxygen atoms in total. The van der Waals surface area contributed by atoms with Crippen LogP contribution in [0.4, 0.5) is 0 Å². The number of aromatic nitrogens is 1. The lowest BCUT2D eigenvalue weighted by atomic mass is 9.84. The number of pyridine rings is 1. The molecule has 0 aliphatic carbocycles. The van der Waals surface area contributed by atoms with Gasteiger partial charge in [-0.05, 0) is 48.6 Å². The number of benzene rings is 1. The normalized spacial score (nSPS) is 11.3. The van der Waals surface area contributed by atoms with Crippen LogP contribution in [-0.2, 0) is 5.41 Å². The van der Waals surface area contributed by atoms with E-state index in [-0.39, 0.29) is 11.3 Å². The topological polar surface area (TPSA) is 33.2 Å². The molecule has 0 N–H and O–H groups in total. The van der Waals surface area contributed by atoms with Gasteiger partial charge in [0.05, 0.1) is 0 Å². The van der Waals surface area contributed by atoms with Gasteiger partial charge in [0.25, 0.3) is 5.91 Å². The Bertz CT molecular complexity index is 668. The van der Waals surface area contributed by atoms with E-state index >= 15 is 0 Å². The highest BCUT2D eigenvalue weighted by molar-refractivity contribution is 6.01. The molecule has 0 spiro atoms. The first-order chi connectivity index (χ1) is 10.9. The number of amides is 1. The smallest absolute Gasteiger partial charge is 0.254 e. The molecule has 0 unspecified atom stereocenters. The predicted molar refractivity (Wildman–Crippen MR) is 95.6 cm³/mol. The molecule has 1 amide bonds. The summed E-state index contributed by atoms with van der Waals surface area (Å²) in [4.78, 5) is 18.9. The molecule has 1 aromatic carbocycles. The highest BCUT2D eigenvalue weighted by Crippen LogP contribution is 2.31. The Hall–Kier alpha value is -2.16. The summed E-state index contributed by atoms with van der Waals surface area (Å²) < 4.78 is 0. The second kappa shape index (κ2) is 6.95. The molecule has 0 saturated heterocycles. The third kappa shape index (κ3) is 3.79. The van der Waals surface area contributed by atoms with Crippen LogP contribution in [0.1, 0.15) is 50.5 Å². The molecule has 23 heavy (non-hydrogen) atoms. The highest BCUT2D eigenvalue weighted by atomic mass is 16.2. The van der Waals surface area contributed by atoms with E-state index in [0.29, 0.717) is 13.1 Å². The molecule has 2 rings (SSSR count). The van der Waals surface area contributed by atoms with Crippen molar-refractivity contribution in [1.29, 1.82) is 0 Å². The van der Waals surface area contributed by atoms with Crippen molar-refractivity contribution in [3.05, 3.63) is 53.9 Å². The zero-order valence-corrected chi connectivity index (χ0v) is 14.8. The quantitative estimate of drug-likeness (QED) is 0.831. The molecular formula is C20H26N2O. The van der Waals surface area contributed by atoms with Crippen LogP contribution in [0.5, 0.6) is 0 Å². The number of hydrogen-bond acceptors (Lipinski definition) is 2. The molecule has 0 atom stereocenters. The van der Waals surface area contributed by atoms with Crippen LogP contribution in [-0.4, -0.2) is 28.9 Å². The molecule has 3 heteroatoms. The van der Waals surface area contributed by atoms with E-state index in [9.17, 15) is 4.79 Å². The van der Waals surface area contributed by atoms with E-state index in [1.807, 2.05) is 43.1 Å². The Kier molecular flexibility index (Phi) is 5.19. The van der Waals surface area contributed by atoms with Gasteiger partial charge in [0, 0.05) is 36.6 Å². The Balaban J connectivity index is 2.61. The van der Waals surface area contributed by atoms with Crippen LogP contribution in [0.3, 0.4) is 0 Å². The number of carbonyl (C=O) groups excluding carboxylic acids is 1. The van der Waals surface area contributed by atoms with Gasteiger partial charge in [-0.3, -0.25) is 9.78 Å².